The average Bonchev–Trinajstić information content (AvgIpc) is 3.20. The van der Waals surface area contributed by atoms with Crippen molar-refractivity contribution in [2.45, 2.75) is 25.0 Å². The number of benzene rings is 2. The molecule has 1 fully saturated rings. The van der Waals surface area contributed by atoms with Crippen molar-refractivity contribution in [3.63, 3.8) is 0 Å². The molecule has 1 aliphatic rings. The van der Waals surface area contributed by atoms with E-state index in [1.54, 1.807) is 23.2 Å². The summed E-state index contributed by atoms with van der Waals surface area (Å²) in [7, 11) is 3.83. The minimum Gasteiger partial charge on any atom is -0.508 e. The Morgan fingerprint density at radius 3 is 2.59 bits per heavy atom. The number of halogens is 1. The molecule has 2 N–H and O–H groups in total. The Kier molecular flexibility index (Phi) is 6.14. The molecule has 1 heterocycles. The third kappa shape index (κ3) is 4.60. The lowest BCUT2D eigenvalue weighted by molar-refractivity contribution is -0.135. The molecule has 2 aromatic carbocycles. The molecule has 1 amide bonds. The molecule has 4 rings (SSSR count). The molecule has 1 aromatic heterocycles. The lowest BCUT2D eigenvalue weighted by Crippen LogP contribution is -2.53. The zero-order valence-corrected chi connectivity index (χ0v) is 18.2. The number of aromatic amines is 1. The van der Waals surface area contributed by atoms with E-state index in [0.717, 1.165) is 22.0 Å². The predicted octanol–water partition coefficient (Wildman–Crippen LogP) is 3.72. The van der Waals surface area contributed by atoms with Crippen LogP contribution in [0, 0.1) is 0 Å². The molecule has 168 valence electrons. The number of amides is 1. The summed E-state index contributed by atoms with van der Waals surface area (Å²) < 4.78 is 19.8. The van der Waals surface area contributed by atoms with Gasteiger partial charge in [-0.1, -0.05) is 18.7 Å². The first kappa shape index (κ1) is 21.8. The van der Waals surface area contributed by atoms with E-state index >= 15 is 0 Å². The number of carbonyl (C=O) groups is 1. The van der Waals surface area contributed by atoms with E-state index in [1.807, 2.05) is 43.3 Å². The standard InChI is InChI=1S/C24H27FN4O3/c1-15(25)24(31)29(9-8-28(2)3)18-12-20(13-18)32-23-11-17(10-22-21(23)14-26-27-22)16-4-6-19(30)7-5-16/h4-7,10-11,14,18,20,30H,1,8-9,12-13H2,2-3H3,(H,26,27)/t18-,20-. The molecule has 0 spiro atoms. The van der Waals surface area contributed by atoms with E-state index < -0.39 is 11.7 Å². The van der Waals surface area contributed by atoms with Gasteiger partial charge in [0.05, 0.1) is 17.1 Å². The molecule has 0 aliphatic heterocycles. The van der Waals surface area contributed by atoms with E-state index in [2.05, 4.69) is 16.8 Å². The zero-order chi connectivity index (χ0) is 22.8. The molecule has 0 bridgehead atoms. The molecule has 1 saturated carbocycles. The molecule has 7 nitrogen and oxygen atoms in total. The second-order valence-corrected chi connectivity index (χ2v) is 8.42. The minimum atomic E-state index is -0.935. The number of fused-ring (bicyclic) bond motifs is 1. The van der Waals surface area contributed by atoms with Gasteiger partial charge in [0.2, 0.25) is 0 Å². The van der Waals surface area contributed by atoms with Crippen molar-refractivity contribution < 1.29 is 19.0 Å². The molecule has 1 aliphatic carbocycles. The molecular formula is C24H27FN4O3. The van der Waals surface area contributed by atoms with Crippen LogP contribution in [-0.2, 0) is 4.79 Å². The van der Waals surface area contributed by atoms with Gasteiger partial charge in [-0.25, -0.2) is 4.39 Å². The maximum Gasteiger partial charge on any atom is 0.282 e. The lowest BCUT2D eigenvalue weighted by atomic mass is 9.87. The highest BCUT2D eigenvalue weighted by atomic mass is 19.1. The predicted molar refractivity (Wildman–Crippen MR) is 121 cm³/mol. The molecule has 3 aromatic rings. The smallest absolute Gasteiger partial charge is 0.282 e. The number of carbonyl (C=O) groups excluding carboxylic acids is 1. The van der Waals surface area contributed by atoms with Crippen molar-refractivity contribution in [1.82, 2.24) is 20.0 Å². The lowest BCUT2D eigenvalue weighted by Gasteiger charge is -2.42. The van der Waals surface area contributed by atoms with E-state index in [-0.39, 0.29) is 17.9 Å². The zero-order valence-electron chi connectivity index (χ0n) is 18.2. The second kappa shape index (κ2) is 9.00. The van der Waals surface area contributed by atoms with Crippen LogP contribution in [0.15, 0.2) is 55.0 Å². The highest BCUT2D eigenvalue weighted by Crippen LogP contribution is 2.36. The summed E-state index contributed by atoms with van der Waals surface area (Å²) in [5.74, 6) is -0.682. The van der Waals surface area contributed by atoms with Crippen molar-refractivity contribution in [3.05, 3.63) is 55.0 Å². The SMILES string of the molecule is C=C(F)C(=O)N(CCN(C)C)[C@H]1C[C@H](Oc2cc(-c3ccc(O)cc3)cc3[nH]ncc23)C1. The molecular weight excluding hydrogens is 411 g/mol. The molecule has 8 heteroatoms. The number of phenolic OH excluding ortho intramolecular Hbond substituents is 1. The number of H-pyrrole nitrogens is 1. The van der Waals surface area contributed by atoms with Crippen LogP contribution in [-0.4, -0.2) is 70.3 Å². The van der Waals surface area contributed by atoms with Crippen molar-refractivity contribution in [2.75, 3.05) is 27.2 Å². The highest BCUT2D eigenvalue weighted by Gasteiger charge is 2.38. The maximum atomic E-state index is 13.5. The van der Waals surface area contributed by atoms with E-state index in [4.69, 9.17) is 4.74 Å². The summed E-state index contributed by atoms with van der Waals surface area (Å²) in [4.78, 5) is 15.8. The quantitative estimate of drug-likeness (QED) is 0.524. The van der Waals surface area contributed by atoms with Gasteiger partial charge >= 0.3 is 0 Å². The largest absolute Gasteiger partial charge is 0.508 e. The van der Waals surface area contributed by atoms with Crippen LogP contribution in [0.3, 0.4) is 0 Å². The number of phenols is 1. The number of hydrogen-bond donors (Lipinski definition) is 2. The van der Waals surface area contributed by atoms with Crippen molar-refractivity contribution >= 4 is 16.8 Å². The Labute approximate surface area is 186 Å². The number of ether oxygens (including phenoxy) is 1. The monoisotopic (exact) mass is 438 g/mol. The third-order valence-corrected chi connectivity index (χ3v) is 5.81. The van der Waals surface area contributed by atoms with E-state index in [0.29, 0.717) is 31.7 Å². The van der Waals surface area contributed by atoms with Crippen LogP contribution in [0.5, 0.6) is 11.5 Å². The van der Waals surface area contributed by atoms with Crippen LogP contribution >= 0.6 is 0 Å². The summed E-state index contributed by atoms with van der Waals surface area (Å²) in [6.45, 7) is 4.26. The van der Waals surface area contributed by atoms with Gasteiger partial charge in [0, 0.05) is 32.0 Å². The normalized spacial score (nSPS) is 17.9. The first-order valence-electron chi connectivity index (χ1n) is 10.5. The third-order valence-electron chi connectivity index (χ3n) is 5.81. The Bertz CT molecular complexity index is 1120. The Morgan fingerprint density at radius 2 is 1.94 bits per heavy atom. The van der Waals surface area contributed by atoms with E-state index in [1.165, 1.54) is 0 Å². The van der Waals surface area contributed by atoms with Gasteiger partial charge in [0.1, 0.15) is 17.6 Å². The van der Waals surface area contributed by atoms with Crippen LogP contribution in [0.4, 0.5) is 4.39 Å². The van der Waals surface area contributed by atoms with Gasteiger partial charge in [-0.15, -0.1) is 0 Å². The Balaban J connectivity index is 1.49. The van der Waals surface area contributed by atoms with Gasteiger partial charge in [0.15, 0.2) is 5.83 Å². The van der Waals surface area contributed by atoms with Crippen molar-refractivity contribution in [3.8, 4) is 22.6 Å². The van der Waals surface area contributed by atoms with Crippen LogP contribution in [0.2, 0.25) is 0 Å². The fraction of sp³-hybridized carbons (Fsp3) is 0.333. The fourth-order valence-corrected chi connectivity index (χ4v) is 3.92. The van der Waals surface area contributed by atoms with E-state index in [9.17, 15) is 14.3 Å². The Hall–Kier alpha value is -3.39. The minimum absolute atomic E-state index is 0.0833. The van der Waals surface area contributed by atoms with Crippen molar-refractivity contribution in [1.29, 1.82) is 0 Å². The summed E-state index contributed by atoms with van der Waals surface area (Å²) in [6, 6.07) is 10.8. The molecule has 32 heavy (non-hydrogen) atoms. The number of aromatic nitrogens is 2. The summed E-state index contributed by atoms with van der Waals surface area (Å²) in [5.41, 5.74) is 2.72. The molecule has 0 radical (unpaired) electrons. The van der Waals surface area contributed by atoms with Gasteiger partial charge in [-0.05, 0) is 49.5 Å². The van der Waals surface area contributed by atoms with Crippen LogP contribution in [0.1, 0.15) is 12.8 Å². The number of likely N-dealkylation sites (N-methyl/N-ethyl adjacent to an activating group) is 1. The van der Waals surface area contributed by atoms with Crippen molar-refractivity contribution in [2.24, 2.45) is 0 Å². The summed E-state index contributed by atoms with van der Waals surface area (Å²) in [5, 5.41) is 17.6. The van der Waals surface area contributed by atoms with Gasteiger partial charge in [-0.2, -0.15) is 5.10 Å². The fourth-order valence-electron chi connectivity index (χ4n) is 3.92. The summed E-state index contributed by atoms with van der Waals surface area (Å²) >= 11 is 0. The summed E-state index contributed by atoms with van der Waals surface area (Å²) in [6.07, 6.45) is 2.88. The van der Waals surface area contributed by atoms with Gasteiger partial charge in [0.25, 0.3) is 5.91 Å². The number of rotatable bonds is 8. The molecule has 0 unspecified atom stereocenters. The highest BCUT2D eigenvalue weighted by molar-refractivity contribution is 5.91. The first-order chi connectivity index (χ1) is 15.3. The maximum absolute atomic E-state index is 13.5. The second-order valence-electron chi connectivity index (χ2n) is 8.42. The molecule has 0 saturated heterocycles. The number of nitrogens with one attached hydrogen (secondary N) is 1. The number of aromatic hydroxyl groups is 1. The van der Waals surface area contributed by atoms with Gasteiger partial charge in [-0.3, -0.25) is 9.89 Å². The first-order valence-corrected chi connectivity index (χ1v) is 10.5. The van der Waals surface area contributed by atoms with Crippen LogP contribution in [0.25, 0.3) is 22.0 Å². The van der Waals surface area contributed by atoms with Crippen LogP contribution < -0.4 is 4.74 Å². The molecule has 0 atom stereocenters. The average molecular weight is 439 g/mol. The van der Waals surface area contributed by atoms with Gasteiger partial charge < -0.3 is 19.6 Å². The topological polar surface area (TPSA) is 81.7 Å². The number of nitrogens with zero attached hydrogens (tertiary/aromatic N) is 3. The number of hydrogen-bond acceptors (Lipinski definition) is 5. The Morgan fingerprint density at radius 1 is 1.22 bits per heavy atom.